The van der Waals surface area contributed by atoms with Gasteiger partial charge in [0.05, 0.1) is 63.0 Å². The van der Waals surface area contributed by atoms with E-state index in [9.17, 15) is 10.5 Å². The number of ether oxygens (including phenoxy) is 2. The van der Waals surface area contributed by atoms with Crippen molar-refractivity contribution in [1.82, 2.24) is 5.43 Å². The minimum Gasteiger partial charge on any atom is -0.497 e. The lowest BCUT2D eigenvalue weighted by atomic mass is 10.1. The fraction of sp³-hybridized carbons (Fsp3) is 0.292. The summed E-state index contributed by atoms with van der Waals surface area (Å²) >= 11 is 0. The van der Waals surface area contributed by atoms with Crippen LogP contribution in [0.4, 0.5) is 11.4 Å². The molecule has 0 spiro atoms. The third-order valence-corrected chi connectivity index (χ3v) is 5.72. The Balaban J connectivity index is 1.45. The van der Waals surface area contributed by atoms with Gasteiger partial charge in [-0.2, -0.15) is 15.6 Å². The first-order valence-electron chi connectivity index (χ1n) is 10.3. The highest BCUT2D eigenvalue weighted by Crippen LogP contribution is 2.27. The average molecular weight is 428 g/mol. The van der Waals surface area contributed by atoms with E-state index >= 15 is 0 Å². The predicted molar refractivity (Wildman–Crippen MR) is 123 cm³/mol. The van der Waals surface area contributed by atoms with Gasteiger partial charge in [0.1, 0.15) is 17.4 Å². The fourth-order valence-electron chi connectivity index (χ4n) is 3.86. The molecule has 1 N–H and O–H groups in total. The van der Waals surface area contributed by atoms with Crippen LogP contribution in [0.2, 0.25) is 0 Å². The Bertz CT molecular complexity index is 1110. The number of hydrogen-bond donors (Lipinski definition) is 1. The first-order chi connectivity index (χ1) is 15.6. The van der Waals surface area contributed by atoms with Crippen LogP contribution in [0, 0.1) is 28.6 Å². The number of methoxy groups -OCH3 is 2. The van der Waals surface area contributed by atoms with Crippen LogP contribution >= 0.6 is 0 Å². The molecule has 2 heterocycles. The maximum absolute atomic E-state index is 9.62. The molecule has 0 radical (unpaired) electrons. The molecule has 2 aliphatic rings. The van der Waals surface area contributed by atoms with E-state index < -0.39 is 0 Å². The summed E-state index contributed by atoms with van der Waals surface area (Å²) in [5.74, 6) is 1.27. The summed E-state index contributed by atoms with van der Waals surface area (Å²) in [6, 6.07) is 20.1. The van der Waals surface area contributed by atoms with Crippen molar-refractivity contribution in [2.24, 2.45) is 11.0 Å². The molecule has 162 valence electrons. The van der Waals surface area contributed by atoms with Gasteiger partial charge in [-0.3, -0.25) is 5.43 Å². The molecule has 1 fully saturated rings. The van der Waals surface area contributed by atoms with Crippen LogP contribution in [0.5, 0.6) is 11.5 Å². The largest absolute Gasteiger partial charge is 0.497 e. The second kappa shape index (κ2) is 9.32. The predicted octanol–water partition coefficient (Wildman–Crippen LogP) is 2.91. The highest BCUT2D eigenvalue weighted by molar-refractivity contribution is 5.96. The van der Waals surface area contributed by atoms with Gasteiger partial charge in [0.15, 0.2) is 0 Å². The summed E-state index contributed by atoms with van der Waals surface area (Å²) < 4.78 is 10.4. The Hall–Kier alpha value is -4.17. The van der Waals surface area contributed by atoms with Crippen molar-refractivity contribution in [2.75, 3.05) is 50.2 Å². The topological polar surface area (TPSA) is 96.9 Å². The smallest absolute Gasteiger partial charge is 0.119 e. The molecule has 32 heavy (non-hydrogen) atoms. The Morgan fingerprint density at radius 1 is 0.875 bits per heavy atom. The summed E-state index contributed by atoms with van der Waals surface area (Å²) in [6.45, 7) is 2.18. The number of nitriles is 2. The van der Waals surface area contributed by atoms with Crippen LogP contribution in [0.3, 0.4) is 0 Å². The first-order valence-corrected chi connectivity index (χ1v) is 10.3. The third kappa shape index (κ3) is 4.30. The summed E-state index contributed by atoms with van der Waals surface area (Å²) in [7, 11) is 3.27. The van der Waals surface area contributed by atoms with Gasteiger partial charge in [-0.05, 0) is 48.5 Å². The van der Waals surface area contributed by atoms with Crippen molar-refractivity contribution in [3.63, 3.8) is 0 Å². The lowest BCUT2D eigenvalue weighted by Gasteiger charge is -2.18. The Morgan fingerprint density at radius 2 is 1.47 bits per heavy atom. The molecule has 4 rings (SSSR count). The monoisotopic (exact) mass is 428 g/mol. The average Bonchev–Trinajstić information content (AvgIpc) is 3.46. The quantitative estimate of drug-likeness (QED) is 0.707. The van der Waals surface area contributed by atoms with Gasteiger partial charge in [0, 0.05) is 17.9 Å². The van der Waals surface area contributed by atoms with Crippen LogP contribution in [0.25, 0.3) is 0 Å². The van der Waals surface area contributed by atoms with Crippen LogP contribution in [0.1, 0.15) is 0 Å². The Labute approximate surface area is 187 Å². The molecule has 2 aliphatic heterocycles. The fourth-order valence-corrected chi connectivity index (χ4v) is 3.86. The minimum atomic E-state index is -0.310. The molecule has 8 heteroatoms. The molecular weight excluding hydrogens is 404 g/mol. The van der Waals surface area contributed by atoms with E-state index in [2.05, 4.69) is 32.5 Å². The van der Waals surface area contributed by atoms with Crippen molar-refractivity contribution >= 4 is 17.1 Å². The molecular formula is C24H24N6O2. The number of hydrogen-bond acceptors (Lipinski definition) is 8. The first kappa shape index (κ1) is 21.1. The minimum absolute atomic E-state index is 0.310. The second-order valence-corrected chi connectivity index (χ2v) is 7.60. The van der Waals surface area contributed by atoms with Crippen molar-refractivity contribution in [2.45, 2.75) is 0 Å². The molecule has 2 aromatic rings. The molecule has 1 atom stereocenters. The molecule has 0 aliphatic carbocycles. The number of benzene rings is 2. The molecule has 2 aromatic carbocycles. The molecule has 0 saturated carbocycles. The van der Waals surface area contributed by atoms with Gasteiger partial charge in [-0.1, -0.05) is 0 Å². The lowest BCUT2D eigenvalue weighted by molar-refractivity contribution is 0.414. The van der Waals surface area contributed by atoms with Crippen molar-refractivity contribution < 1.29 is 9.47 Å². The molecule has 0 bridgehead atoms. The summed E-state index contributed by atoms with van der Waals surface area (Å²) in [4.78, 5) is 4.21. The normalized spacial score (nSPS) is 19.1. The van der Waals surface area contributed by atoms with E-state index in [0.29, 0.717) is 31.8 Å². The molecule has 0 aromatic heterocycles. The zero-order valence-corrected chi connectivity index (χ0v) is 18.1. The Morgan fingerprint density at radius 3 is 2.00 bits per heavy atom. The van der Waals surface area contributed by atoms with Gasteiger partial charge in [-0.15, -0.1) is 0 Å². The zero-order chi connectivity index (χ0) is 22.5. The number of hydrazone groups is 1. The van der Waals surface area contributed by atoms with E-state index in [0.717, 1.165) is 34.3 Å². The van der Waals surface area contributed by atoms with Gasteiger partial charge < -0.3 is 19.3 Å². The van der Waals surface area contributed by atoms with Crippen LogP contribution in [-0.2, 0) is 0 Å². The van der Waals surface area contributed by atoms with Crippen LogP contribution < -0.4 is 24.7 Å². The lowest BCUT2D eigenvalue weighted by Crippen LogP contribution is -2.23. The number of nitrogens with zero attached hydrogens (tertiary/aromatic N) is 5. The van der Waals surface area contributed by atoms with E-state index in [1.165, 1.54) is 0 Å². The van der Waals surface area contributed by atoms with Gasteiger partial charge >= 0.3 is 0 Å². The van der Waals surface area contributed by atoms with Gasteiger partial charge in [0.25, 0.3) is 0 Å². The molecule has 1 saturated heterocycles. The van der Waals surface area contributed by atoms with E-state index in [4.69, 9.17) is 9.47 Å². The highest BCUT2D eigenvalue weighted by Gasteiger charge is 2.30. The molecule has 8 nitrogen and oxygen atoms in total. The standard InChI is InChI=1S/C24H24N6O2/c1-31-21-7-3-19(4-8-21)29-13-17(11-25)23(15-29)27-28-24-16-30(14-18(24)12-26)20-5-9-22(32-2)10-6-20/h3-10,17,28H,13-16H2,1-2H3. The van der Waals surface area contributed by atoms with Gasteiger partial charge in [-0.25, -0.2) is 0 Å². The SMILES string of the molecule is COc1ccc(N2CC(C#N)=C(NN=C3CN(c4ccc(OC)cc4)CC3C#N)C2)cc1. The summed E-state index contributed by atoms with van der Waals surface area (Å²) in [6.07, 6.45) is 0. The van der Waals surface area contributed by atoms with E-state index in [1.807, 2.05) is 48.5 Å². The van der Waals surface area contributed by atoms with E-state index in [-0.39, 0.29) is 5.92 Å². The highest BCUT2D eigenvalue weighted by atomic mass is 16.5. The number of nitrogens with one attached hydrogen (secondary N) is 1. The van der Waals surface area contributed by atoms with Gasteiger partial charge in [0.2, 0.25) is 0 Å². The van der Waals surface area contributed by atoms with Crippen molar-refractivity contribution in [1.29, 1.82) is 10.5 Å². The number of rotatable bonds is 6. The maximum atomic E-state index is 9.62. The second-order valence-electron chi connectivity index (χ2n) is 7.60. The molecule has 1 unspecified atom stereocenters. The van der Waals surface area contributed by atoms with E-state index in [1.54, 1.807) is 14.2 Å². The van der Waals surface area contributed by atoms with Crippen LogP contribution in [0.15, 0.2) is 64.9 Å². The molecule has 0 amide bonds. The van der Waals surface area contributed by atoms with Crippen molar-refractivity contribution in [3.8, 4) is 23.6 Å². The number of anilines is 2. The third-order valence-electron chi connectivity index (χ3n) is 5.72. The maximum Gasteiger partial charge on any atom is 0.119 e. The zero-order valence-electron chi connectivity index (χ0n) is 18.1. The summed E-state index contributed by atoms with van der Waals surface area (Å²) in [5, 5.41) is 23.8. The summed E-state index contributed by atoms with van der Waals surface area (Å²) in [5.41, 5.74) is 7.26. The Kier molecular flexibility index (Phi) is 6.14. The van der Waals surface area contributed by atoms with Crippen molar-refractivity contribution in [3.05, 3.63) is 59.8 Å². The van der Waals surface area contributed by atoms with Crippen LogP contribution in [-0.4, -0.2) is 46.1 Å².